The standard InChI is InChI=1S/C17H18Br2O2/c1-9-5-12(6-10(2)15(9)20)11-3-4-14-13(7-11)8-17(18,19)16(14)21/h3-7,13-14,16,20-21H,8H2,1-2H3. The van der Waals surface area contributed by atoms with Gasteiger partial charge < -0.3 is 10.2 Å². The van der Waals surface area contributed by atoms with Gasteiger partial charge in [0.15, 0.2) is 0 Å². The smallest absolute Gasteiger partial charge is 0.121 e. The number of rotatable bonds is 1. The van der Waals surface area contributed by atoms with Crippen LogP contribution >= 0.6 is 31.9 Å². The average molecular weight is 414 g/mol. The molecule has 1 fully saturated rings. The molecule has 1 aromatic rings. The third kappa shape index (κ3) is 2.62. The van der Waals surface area contributed by atoms with E-state index in [4.69, 9.17) is 0 Å². The van der Waals surface area contributed by atoms with Crippen molar-refractivity contribution < 1.29 is 10.2 Å². The van der Waals surface area contributed by atoms with E-state index in [1.165, 1.54) is 0 Å². The highest BCUT2D eigenvalue weighted by Crippen LogP contribution is 2.52. The Balaban J connectivity index is 1.96. The molecule has 2 aliphatic rings. The van der Waals surface area contributed by atoms with E-state index in [9.17, 15) is 10.2 Å². The van der Waals surface area contributed by atoms with E-state index < -0.39 is 9.34 Å². The number of benzene rings is 1. The predicted molar refractivity (Wildman–Crippen MR) is 92.9 cm³/mol. The van der Waals surface area contributed by atoms with Crippen molar-refractivity contribution in [3.05, 3.63) is 47.1 Å². The molecule has 0 aliphatic heterocycles. The second-order valence-corrected chi connectivity index (χ2v) is 9.99. The van der Waals surface area contributed by atoms with E-state index in [0.29, 0.717) is 11.7 Å². The summed E-state index contributed by atoms with van der Waals surface area (Å²) >= 11 is 7.15. The average Bonchev–Trinajstić information content (AvgIpc) is 2.65. The zero-order chi connectivity index (χ0) is 15.4. The van der Waals surface area contributed by atoms with E-state index in [2.05, 4.69) is 50.1 Å². The molecular weight excluding hydrogens is 396 g/mol. The number of hydrogen-bond donors (Lipinski definition) is 2. The number of fused-ring (bicyclic) bond motifs is 1. The zero-order valence-corrected chi connectivity index (χ0v) is 15.1. The number of aromatic hydroxyl groups is 1. The van der Waals surface area contributed by atoms with Gasteiger partial charge in [-0.05, 0) is 60.6 Å². The summed E-state index contributed by atoms with van der Waals surface area (Å²) in [5, 5.41) is 20.2. The molecule has 2 N–H and O–H groups in total. The first-order valence-electron chi connectivity index (χ1n) is 7.06. The molecule has 3 unspecified atom stereocenters. The Morgan fingerprint density at radius 3 is 2.43 bits per heavy atom. The summed E-state index contributed by atoms with van der Waals surface area (Å²) in [5.41, 5.74) is 4.06. The van der Waals surface area contributed by atoms with Crippen molar-refractivity contribution in [2.45, 2.75) is 29.6 Å². The number of allylic oxidation sites excluding steroid dienone is 3. The molecule has 3 atom stereocenters. The van der Waals surface area contributed by atoms with Crippen LogP contribution in [0.5, 0.6) is 5.75 Å². The van der Waals surface area contributed by atoms with Gasteiger partial charge in [0, 0.05) is 5.92 Å². The predicted octanol–water partition coefficient (Wildman–Crippen LogP) is 4.45. The molecule has 0 aromatic heterocycles. The molecule has 4 heteroatoms. The molecule has 0 spiro atoms. The fourth-order valence-corrected chi connectivity index (χ4v) is 4.68. The number of halogens is 2. The van der Waals surface area contributed by atoms with Gasteiger partial charge in [0.25, 0.3) is 0 Å². The van der Waals surface area contributed by atoms with Crippen molar-refractivity contribution in [1.29, 1.82) is 0 Å². The van der Waals surface area contributed by atoms with Crippen molar-refractivity contribution in [2.24, 2.45) is 11.8 Å². The fourth-order valence-electron chi connectivity index (χ4n) is 3.32. The van der Waals surface area contributed by atoms with Crippen LogP contribution in [0.4, 0.5) is 0 Å². The summed E-state index contributed by atoms with van der Waals surface area (Å²) in [6.07, 6.45) is 6.84. The Labute approximate surface area is 141 Å². The maximum atomic E-state index is 10.3. The minimum atomic E-state index is -0.431. The molecule has 1 aromatic carbocycles. The van der Waals surface area contributed by atoms with E-state index >= 15 is 0 Å². The van der Waals surface area contributed by atoms with Gasteiger partial charge >= 0.3 is 0 Å². The maximum Gasteiger partial charge on any atom is 0.121 e. The van der Waals surface area contributed by atoms with Crippen molar-refractivity contribution in [2.75, 3.05) is 0 Å². The molecule has 2 nitrogen and oxygen atoms in total. The van der Waals surface area contributed by atoms with E-state index in [1.54, 1.807) is 0 Å². The van der Waals surface area contributed by atoms with Crippen LogP contribution in [0.3, 0.4) is 0 Å². The lowest BCUT2D eigenvalue weighted by Crippen LogP contribution is -2.28. The van der Waals surface area contributed by atoms with Crippen LogP contribution < -0.4 is 0 Å². The van der Waals surface area contributed by atoms with Crippen molar-refractivity contribution >= 4 is 37.4 Å². The fraction of sp³-hybridized carbons (Fsp3) is 0.412. The Morgan fingerprint density at radius 2 is 1.81 bits per heavy atom. The van der Waals surface area contributed by atoms with Crippen LogP contribution in [0.2, 0.25) is 0 Å². The lowest BCUT2D eigenvalue weighted by molar-refractivity contribution is 0.146. The molecule has 2 aliphatic carbocycles. The third-order valence-electron chi connectivity index (χ3n) is 4.52. The first kappa shape index (κ1) is 15.3. The van der Waals surface area contributed by atoms with Crippen LogP contribution in [0.1, 0.15) is 23.1 Å². The van der Waals surface area contributed by atoms with Gasteiger partial charge in [0.1, 0.15) is 8.98 Å². The number of aryl methyl sites for hydroxylation is 2. The molecule has 112 valence electrons. The summed E-state index contributed by atoms with van der Waals surface area (Å²) in [6.45, 7) is 3.84. The van der Waals surface area contributed by atoms with Gasteiger partial charge in [0.05, 0.1) is 6.10 Å². The van der Waals surface area contributed by atoms with Gasteiger partial charge in [-0.2, -0.15) is 0 Å². The Morgan fingerprint density at radius 1 is 1.19 bits per heavy atom. The lowest BCUT2D eigenvalue weighted by Gasteiger charge is -2.23. The first-order chi connectivity index (χ1) is 9.79. The minimum absolute atomic E-state index is 0.145. The SMILES string of the molecule is Cc1cc(C2=CC3CC(Br)(Br)C(O)C3C=C2)cc(C)c1O. The quantitative estimate of drug-likeness (QED) is 0.668. The molecule has 0 radical (unpaired) electrons. The van der Waals surface area contributed by atoms with Gasteiger partial charge in [0.2, 0.25) is 0 Å². The minimum Gasteiger partial charge on any atom is -0.507 e. The van der Waals surface area contributed by atoms with Crippen molar-refractivity contribution in [3.8, 4) is 5.75 Å². The van der Waals surface area contributed by atoms with Crippen LogP contribution in [-0.4, -0.2) is 19.6 Å². The van der Waals surface area contributed by atoms with E-state index in [-0.39, 0.29) is 5.92 Å². The topological polar surface area (TPSA) is 40.5 Å². The number of phenols is 1. The summed E-state index contributed by atoms with van der Waals surface area (Å²) < 4.78 is -0.396. The van der Waals surface area contributed by atoms with E-state index in [0.717, 1.165) is 28.7 Å². The normalized spacial score (nSPS) is 30.1. The molecule has 0 heterocycles. The highest BCUT2D eigenvalue weighted by Gasteiger charge is 2.49. The zero-order valence-electron chi connectivity index (χ0n) is 12.0. The van der Waals surface area contributed by atoms with Gasteiger partial charge in [-0.25, -0.2) is 0 Å². The summed E-state index contributed by atoms with van der Waals surface area (Å²) in [6, 6.07) is 4.03. The molecular formula is C17H18Br2O2. The largest absolute Gasteiger partial charge is 0.507 e. The second kappa shape index (κ2) is 5.25. The van der Waals surface area contributed by atoms with Crippen LogP contribution in [0.15, 0.2) is 30.4 Å². The lowest BCUT2D eigenvalue weighted by atomic mass is 9.85. The number of aliphatic hydroxyl groups excluding tert-OH is 1. The number of aliphatic hydroxyl groups is 1. The Kier molecular flexibility index (Phi) is 3.83. The van der Waals surface area contributed by atoms with Crippen molar-refractivity contribution in [1.82, 2.24) is 0 Å². The second-order valence-electron chi connectivity index (χ2n) is 6.09. The summed E-state index contributed by atoms with van der Waals surface area (Å²) in [7, 11) is 0. The maximum absolute atomic E-state index is 10.3. The Hall–Kier alpha value is -0.580. The molecule has 0 amide bonds. The van der Waals surface area contributed by atoms with Gasteiger partial charge in [-0.1, -0.05) is 50.1 Å². The van der Waals surface area contributed by atoms with Crippen LogP contribution in [0, 0.1) is 25.7 Å². The third-order valence-corrected chi connectivity index (χ3v) is 6.10. The molecule has 0 bridgehead atoms. The summed E-state index contributed by atoms with van der Waals surface area (Å²) in [4.78, 5) is 0. The first-order valence-corrected chi connectivity index (χ1v) is 8.64. The van der Waals surface area contributed by atoms with Gasteiger partial charge in [-0.15, -0.1) is 0 Å². The molecule has 21 heavy (non-hydrogen) atoms. The van der Waals surface area contributed by atoms with Gasteiger partial charge in [-0.3, -0.25) is 0 Å². The summed E-state index contributed by atoms with van der Waals surface area (Å²) in [5.74, 6) is 0.827. The van der Waals surface area contributed by atoms with Crippen molar-refractivity contribution in [3.63, 3.8) is 0 Å². The van der Waals surface area contributed by atoms with E-state index in [1.807, 2.05) is 26.0 Å². The number of hydrogen-bond acceptors (Lipinski definition) is 2. The molecule has 1 saturated carbocycles. The van der Waals surface area contributed by atoms with Crippen LogP contribution in [-0.2, 0) is 0 Å². The van der Waals surface area contributed by atoms with Crippen LogP contribution in [0.25, 0.3) is 5.57 Å². The monoisotopic (exact) mass is 412 g/mol. The molecule has 3 rings (SSSR count). The number of phenolic OH excluding ortho intramolecular Hbond substituents is 1. The highest BCUT2D eigenvalue weighted by atomic mass is 79.9. The highest BCUT2D eigenvalue weighted by molar-refractivity contribution is 9.25. The Bertz CT molecular complexity index is 623. The molecule has 0 saturated heterocycles. The number of alkyl halides is 2.